The van der Waals surface area contributed by atoms with Gasteiger partial charge in [0.1, 0.15) is 11.6 Å². The molecule has 0 saturated heterocycles. The average molecular weight is 413 g/mol. The SMILES string of the molecule is COc1ccccc1-c1nccc(Nc2ccccc2CCCCS(N)(=O)=O)n1. The van der Waals surface area contributed by atoms with Gasteiger partial charge in [-0.25, -0.2) is 23.5 Å². The molecule has 3 aromatic rings. The first-order chi connectivity index (χ1) is 14.0. The first-order valence-corrected chi connectivity index (χ1v) is 11.0. The summed E-state index contributed by atoms with van der Waals surface area (Å²) in [7, 11) is -1.80. The number of primary sulfonamides is 1. The Hall–Kier alpha value is -2.97. The van der Waals surface area contributed by atoms with Gasteiger partial charge in [-0.05, 0) is 49.1 Å². The molecule has 7 nitrogen and oxygen atoms in total. The number of nitrogens with two attached hydrogens (primary N) is 1. The lowest BCUT2D eigenvalue weighted by atomic mass is 10.1. The lowest BCUT2D eigenvalue weighted by molar-refractivity contribution is 0.416. The predicted octanol–water partition coefficient (Wildman–Crippen LogP) is 3.51. The minimum atomic E-state index is -3.42. The van der Waals surface area contributed by atoms with Crippen molar-refractivity contribution < 1.29 is 13.2 Å². The molecule has 152 valence electrons. The van der Waals surface area contributed by atoms with E-state index in [9.17, 15) is 8.42 Å². The van der Waals surface area contributed by atoms with Gasteiger partial charge in [0.05, 0.1) is 18.4 Å². The second-order valence-corrected chi connectivity index (χ2v) is 8.31. The van der Waals surface area contributed by atoms with Crippen LogP contribution in [0.15, 0.2) is 60.8 Å². The van der Waals surface area contributed by atoms with Crippen LogP contribution in [0.25, 0.3) is 11.4 Å². The molecule has 0 saturated carbocycles. The molecule has 0 atom stereocenters. The molecule has 0 spiro atoms. The second-order valence-electron chi connectivity index (χ2n) is 6.57. The van der Waals surface area contributed by atoms with Crippen LogP contribution in [-0.2, 0) is 16.4 Å². The third-order valence-corrected chi connectivity index (χ3v) is 5.27. The Bertz CT molecular complexity index is 1070. The number of sulfonamides is 1. The maximum absolute atomic E-state index is 11.1. The lowest BCUT2D eigenvalue weighted by Crippen LogP contribution is -2.16. The van der Waals surface area contributed by atoms with Crippen molar-refractivity contribution in [1.29, 1.82) is 0 Å². The zero-order valence-corrected chi connectivity index (χ0v) is 17.0. The maximum Gasteiger partial charge on any atom is 0.209 e. The summed E-state index contributed by atoms with van der Waals surface area (Å²) in [5, 5.41) is 8.41. The fourth-order valence-corrected chi connectivity index (χ4v) is 3.61. The third-order valence-electron chi connectivity index (χ3n) is 4.41. The van der Waals surface area contributed by atoms with Crippen LogP contribution in [0.2, 0.25) is 0 Å². The molecular formula is C21H24N4O3S. The van der Waals surface area contributed by atoms with E-state index >= 15 is 0 Å². The van der Waals surface area contributed by atoms with Crippen LogP contribution in [0.4, 0.5) is 11.5 Å². The molecule has 0 amide bonds. The highest BCUT2D eigenvalue weighted by atomic mass is 32.2. The third kappa shape index (κ3) is 6.00. The number of para-hydroxylation sites is 2. The van der Waals surface area contributed by atoms with Crippen LogP contribution < -0.4 is 15.2 Å². The van der Waals surface area contributed by atoms with E-state index in [4.69, 9.17) is 9.88 Å². The summed E-state index contributed by atoms with van der Waals surface area (Å²) < 4.78 is 27.6. The first-order valence-electron chi connectivity index (χ1n) is 9.28. The van der Waals surface area contributed by atoms with Gasteiger partial charge in [0, 0.05) is 11.9 Å². The number of unbranched alkanes of at least 4 members (excludes halogenated alkanes) is 1. The van der Waals surface area contributed by atoms with Gasteiger partial charge in [0.2, 0.25) is 10.0 Å². The van der Waals surface area contributed by atoms with Gasteiger partial charge >= 0.3 is 0 Å². The number of aryl methyl sites for hydroxylation is 1. The normalized spacial score (nSPS) is 11.2. The van der Waals surface area contributed by atoms with Crippen molar-refractivity contribution in [2.75, 3.05) is 18.2 Å². The maximum atomic E-state index is 11.1. The molecule has 0 unspecified atom stereocenters. The summed E-state index contributed by atoms with van der Waals surface area (Å²) >= 11 is 0. The van der Waals surface area contributed by atoms with E-state index in [2.05, 4.69) is 15.3 Å². The summed E-state index contributed by atoms with van der Waals surface area (Å²) in [5.74, 6) is 1.94. The predicted molar refractivity (Wildman–Crippen MR) is 115 cm³/mol. The van der Waals surface area contributed by atoms with E-state index in [1.807, 2.05) is 48.5 Å². The van der Waals surface area contributed by atoms with Gasteiger partial charge in [-0.1, -0.05) is 30.3 Å². The number of nitrogens with zero attached hydrogens (tertiary/aromatic N) is 2. The Kier molecular flexibility index (Phi) is 6.79. The van der Waals surface area contributed by atoms with Crippen molar-refractivity contribution in [2.45, 2.75) is 19.3 Å². The quantitative estimate of drug-likeness (QED) is 0.521. The van der Waals surface area contributed by atoms with Crippen molar-refractivity contribution >= 4 is 21.5 Å². The van der Waals surface area contributed by atoms with E-state index in [0.717, 1.165) is 29.7 Å². The van der Waals surface area contributed by atoms with Gasteiger partial charge in [-0.2, -0.15) is 0 Å². The average Bonchev–Trinajstić information content (AvgIpc) is 2.72. The zero-order chi connectivity index (χ0) is 20.7. The van der Waals surface area contributed by atoms with Crippen LogP contribution >= 0.6 is 0 Å². The fourth-order valence-electron chi connectivity index (χ4n) is 3.00. The highest BCUT2D eigenvalue weighted by Crippen LogP contribution is 2.28. The van der Waals surface area contributed by atoms with Crippen molar-refractivity contribution in [3.63, 3.8) is 0 Å². The van der Waals surface area contributed by atoms with E-state index in [1.54, 1.807) is 19.4 Å². The first kappa shape index (κ1) is 20.8. The molecule has 29 heavy (non-hydrogen) atoms. The molecule has 3 rings (SSSR count). The van der Waals surface area contributed by atoms with Gasteiger partial charge in [0.15, 0.2) is 5.82 Å². The highest BCUT2D eigenvalue weighted by molar-refractivity contribution is 7.89. The van der Waals surface area contributed by atoms with Gasteiger partial charge in [-0.3, -0.25) is 0 Å². The number of benzene rings is 2. The number of aromatic nitrogens is 2. The number of methoxy groups -OCH3 is 1. The molecule has 8 heteroatoms. The number of rotatable bonds is 9. The Morgan fingerprint density at radius 2 is 1.79 bits per heavy atom. The number of anilines is 2. The van der Waals surface area contributed by atoms with Gasteiger partial charge in [-0.15, -0.1) is 0 Å². The molecule has 2 aromatic carbocycles. The largest absolute Gasteiger partial charge is 0.496 e. The summed E-state index contributed by atoms with van der Waals surface area (Å²) in [6, 6.07) is 17.3. The van der Waals surface area contributed by atoms with Crippen molar-refractivity contribution in [2.24, 2.45) is 5.14 Å². The Morgan fingerprint density at radius 3 is 2.59 bits per heavy atom. The van der Waals surface area contributed by atoms with Crippen molar-refractivity contribution in [1.82, 2.24) is 9.97 Å². The topological polar surface area (TPSA) is 107 Å². The summed E-state index contributed by atoms with van der Waals surface area (Å²) in [4.78, 5) is 8.98. The zero-order valence-electron chi connectivity index (χ0n) is 16.2. The second kappa shape index (κ2) is 9.49. The molecule has 0 radical (unpaired) electrons. The number of nitrogens with one attached hydrogen (secondary N) is 1. The summed E-state index contributed by atoms with van der Waals surface area (Å²) in [6.45, 7) is 0. The molecule has 0 aliphatic rings. The molecule has 0 aliphatic carbocycles. The Morgan fingerprint density at radius 1 is 1.03 bits per heavy atom. The molecule has 1 heterocycles. The molecular weight excluding hydrogens is 388 g/mol. The van der Waals surface area contributed by atoms with Crippen LogP contribution in [0.3, 0.4) is 0 Å². The lowest BCUT2D eigenvalue weighted by Gasteiger charge is -2.13. The van der Waals surface area contributed by atoms with Gasteiger partial charge in [0.25, 0.3) is 0 Å². The smallest absolute Gasteiger partial charge is 0.209 e. The molecule has 0 aliphatic heterocycles. The van der Waals surface area contributed by atoms with Crippen LogP contribution in [0.5, 0.6) is 5.75 Å². The monoisotopic (exact) mass is 412 g/mol. The van der Waals surface area contributed by atoms with Crippen molar-refractivity contribution in [3.8, 4) is 17.1 Å². The summed E-state index contributed by atoms with van der Waals surface area (Å²) in [5.41, 5.74) is 2.82. The molecule has 0 fully saturated rings. The molecule has 3 N–H and O–H groups in total. The van der Waals surface area contributed by atoms with Gasteiger partial charge < -0.3 is 10.1 Å². The fraction of sp³-hybridized carbons (Fsp3) is 0.238. The van der Waals surface area contributed by atoms with Crippen LogP contribution in [-0.4, -0.2) is 31.2 Å². The molecule has 1 aromatic heterocycles. The summed E-state index contributed by atoms with van der Waals surface area (Å²) in [6.07, 6.45) is 3.69. The van der Waals surface area contributed by atoms with E-state index < -0.39 is 10.0 Å². The number of hydrogen-bond donors (Lipinski definition) is 2. The standard InChI is InChI=1S/C21H24N4O3S/c1-28-19-12-5-3-10-17(19)21-23-14-13-20(25-21)24-18-11-4-2-8-16(18)9-6-7-15-29(22,26)27/h2-5,8,10-14H,6-7,9,15H2,1H3,(H2,22,26,27)(H,23,24,25). The Balaban J connectivity index is 1.75. The van der Waals surface area contributed by atoms with Crippen LogP contribution in [0.1, 0.15) is 18.4 Å². The van der Waals surface area contributed by atoms with E-state index in [0.29, 0.717) is 23.8 Å². The minimum Gasteiger partial charge on any atom is -0.496 e. The van der Waals surface area contributed by atoms with E-state index in [1.165, 1.54) is 0 Å². The minimum absolute atomic E-state index is 0.00320. The number of hydrogen-bond acceptors (Lipinski definition) is 6. The highest BCUT2D eigenvalue weighted by Gasteiger charge is 2.10. The van der Waals surface area contributed by atoms with E-state index in [-0.39, 0.29) is 5.75 Å². The number of ether oxygens (including phenoxy) is 1. The van der Waals surface area contributed by atoms with Crippen molar-refractivity contribution in [3.05, 3.63) is 66.4 Å². The van der Waals surface area contributed by atoms with Crippen LogP contribution in [0, 0.1) is 0 Å². The Labute approximate surface area is 171 Å². The molecule has 0 bridgehead atoms.